The van der Waals surface area contributed by atoms with Crippen LogP contribution in [0.5, 0.6) is 0 Å². The Hall–Kier alpha value is -1.65. The highest BCUT2D eigenvalue weighted by atomic mass is 16.3. The van der Waals surface area contributed by atoms with Gasteiger partial charge >= 0.3 is 0 Å². The van der Waals surface area contributed by atoms with Crippen LogP contribution in [-0.4, -0.2) is 28.0 Å². The molecule has 4 heteroatoms. The number of rotatable bonds is 8. The largest absolute Gasteiger partial charge is 0.396 e. The van der Waals surface area contributed by atoms with E-state index in [1.54, 1.807) is 0 Å². The highest BCUT2D eigenvalue weighted by molar-refractivity contribution is 5.62. The molecule has 1 aromatic carbocycles. The van der Waals surface area contributed by atoms with Gasteiger partial charge in [0.2, 0.25) is 0 Å². The summed E-state index contributed by atoms with van der Waals surface area (Å²) in [6.45, 7) is 6.21. The van der Waals surface area contributed by atoms with Crippen molar-refractivity contribution in [1.29, 1.82) is 0 Å². The number of aliphatic hydroxyl groups is 1. The Morgan fingerprint density at radius 1 is 1.23 bits per heavy atom. The maximum atomic E-state index is 9.26. The molecule has 0 fully saturated rings. The van der Waals surface area contributed by atoms with Crippen molar-refractivity contribution in [3.8, 4) is 11.3 Å². The van der Waals surface area contributed by atoms with E-state index in [4.69, 9.17) is 0 Å². The highest BCUT2D eigenvalue weighted by Gasteiger charge is 2.15. The molecule has 2 aromatic rings. The summed E-state index contributed by atoms with van der Waals surface area (Å²) < 4.78 is 1.87. The van der Waals surface area contributed by atoms with Crippen LogP contribution in [0.4, 0.5) is 0 Å². The summed E-state index contributed by atoms with van der Waals surface area (Å²) in [7, 11) is 1.96. The molecule has 0 atom stereocenters. The molecule has 1 heterocycles. The topological polar surface area (TPSA) is 50.1 Å². The van der Waals surface area contributed by atoms with Crippen molar-refractivity contribution in [3.63, 3.8) is 0 Å². The quantitative estimate of drug-likeness (QED) is 0.737. The van der Waals surface area contributed by atoms with Gasteiger partial charge in [-0.1, -0.05) is 44.2 Å². The number of nitrogens with zero attached hydrogens (tertiary/aromatic N) is 2. The van der Waals surface area contributed by atoms with Crippen molar-refractivity contribution in [3.05, 3.63) is 42.1 Å². The van der Waals surface area contributed by atoms with Crippen LogP contribution in [0.25, 0.3) is 11.3 Å². The summed E-state index contributed by atoms with van der Waals surface area (Å²) in [6, 6.07) is 10.3. The Morgan fingerprint density at radius 2 is 1.95 bits per heavy atom. The van der Waals surface area contributed by atoms with E-state index < -0.39 is 0 Å². The second kappa shape index (κ2) is 7.56. The number of aryl methyl sites for hydroxylation is 1. The highest BCUT2D eigenvalue weighted by Crippen LogP contribution is 2.22. The van der Waals surface area contributed by atoms with E-state index in [1.165, 1.54) is 5.56 Å². The van der Waals surface area contributed by atoms with Gasteiger partial charge in [-0.15, -0.1) is 0 Å². The predicted octanol–water partition coefficient (Wildman–Crippen LogP) is 2.98. The molecule has 2 rings (SSSR count). The zero-order valence-corrected chi connectivity index (χ0v) is 13.8. The van der Waals surface area contributed by atoms with E-state index in [1.807, 2.05) is 29.9 Å². The van der Waals surface area contributed by atoms with Crippen molar-refractivity contribution < 1.29 is 5.11 Å². The van der Waals surface area contributed by atoms with E-state index in [0.717, 1.165) is 37.2 Å². The zero-order chi connectivity index (χ0) is 16.0. The number of nitrogens with one attached hydrogen (secondary N) is 1. The van der Waals surface area contributed by atoms with Gasteiger partial charge in [0.05, 0.1) is 5.69 Å². The molecule has 0 saturated carbocycles. The lowest BCUT2D eigenvalue weighted by atomic mass is 9.89. The van der Waals surface area contributed by atoms with Crippen molar-refractivity contribution in [1.82, 2.24) is 15.1 Å². The second-order valence-corrected chi connectivity index (χ2v) is 6.65. The summed E-state index contributed by atoms with van der Waals surface area (Å²) in [5.41, 5.74) is 3.44. The number of aromatic nitrogens is 2. The Labute approximate surface area is 133 Å². The molecule has 0 saturated heterocycles. The third-order valence-electron chi connectivity index (χ3n) is 3.90. The van der Waals surface area contributed by atoms with Crippen molar-refractivity contribution in [2.45, 2.75) is 33.2 Å². The maximum absolute atomic E-state index is 9.26. The smallest absolute Gasteiger partial charge is 0.0967 e. The summed E-state index contributed by atoms with van der Waals surface area (Å²) in [5.74, 6) is 0. The fourth-order valence-electron chi connectivity index (χ4n) is 2.50. The van der Waals surface area contributed by atoms with Crippen LogP contribution in [0, 0.1) is 5.41 Å². The first-order valence-corrected chi connectivity index (χ1v) is 7.91. The molecule has 2 N–H and O–H groups in total. The molecular formula is C18H27N3O. The molecule has 0 amide bonds. The Balaban J connectivity index is 1.89. The van der Waals surface area contributed by atoms with Crippen LogP contribution in [0.15, 0.2) is 36.5 Å². The molecule has 0 bridgehead atoms. The third-order valence-corrected chi connectivity index (χ3v) is 3.90. The number of benzene rings is 1. The molecule has 0 aliphatic carbocycles. The Morgan fingerprint density at radius 3 is 2.64 bits per heavy atom. The molecule has 0 aliphatic rings. The Kier molecular flexibility index (Phi) is 5.75. The fourth-order valence-corrected chi connectivity index (χ4v) is 2.50. The lowest BCUT2D eigenvalue weighted by Crippen LogP contribution is -2.21. The molecule has 120 valence electrons. The first-order valence-electron chi connectivity index (χ1n) is 7.91. The monoisotopic (exact) mass is 301 g/mol. The van der Waals surface area contributed by atoms with Gasteiger partial charge in [-0.3, -0.25) is 4.68 Å². The van der Waals surface area contributed by atoms with Gasteiger partial charge in [0, 0.05) is 37.5 Å². The molecule has 0 radical (unpaired) electrons. The SMILES string of the molecule is Cn1cc(CNCCCC(C)(C)CO)c(-c2ccccc2)n1. The minimum absolute atomic E-state index is 0.0190. The van der Waals surface area contributed by atoms with Gasteiger partial charge in [0.15, 0.2) is 0 Å². The molecule has 1 aromatic heterocycles. The molecule has 0 unspecified atom stereocenters. The Bertz CT molecular complexity index is 575. The summed E-state index contributed by atoms with van der Waals surface area (Å²) in [4.78, 5) is 0. The standard InChI is InChI=1S/C18H27N3O/c1-18(2,14-22)10-7-11-19-12-16-13-21(3)20-17(16)15-8-5-4-6-9-15/h4-6,8-9,13,19,22H,7,10-12,14H2,1-3H3. The summed E-state index contributed by atoms with van der Waals surface area (Å²) in [6.07, 6.45) is 4.16. The van der Waals surface area contributed by atoms with E-state index in [2.05, 4.69) is 42.6 Å². The van der Waals surface area contributed by atoms with Crippen LogP contribution in [-0.2, 0) is 13.6 Å². The summed E-state index contributed by atoms with van der Waals surface area (Å²) >= 11 is 0. The van der Waals surface area contributed by atoms with Crippen molar-refractivity contribution in [2.75, 3.05) is 13.2 Å². The van der Waals surface area contributed by atoms with E-state index >= 15 is 0 Å². The molecule has 4 nitrogen and oxygen atoms in total. The fraction of sp³-hybridized carbons (Fsp3) is 0.500. The van der Waals surface area contributed by atoms with E-state index in [0.29, 0.717) is 0 Å². The van der Waals surface area contributed by atoms with Gasteiger partial charge in [-0.05, 0) is 24.8 Å². The van der Waals surface area contributed by atoms with Crippen molar-refractivity contribution in [2.24, 2.45) is 12.5 Å². The lowest BCUT2D eigenvalue weighted by Gasteiger charge is -2.21. The molecular weight excluding hydrogens is 274 g/mol. The summed E-state index contributed by atoms with van der Waals surface area (Å²) in [5, 5.41) is 17.3. The van der Waals surface area contributed by atoms with Gasteiger partial charge in [-0.2, -0.15) is 5.10 Å². The number of aliphatic hydroxyl groups excluding tert-OH is 1. The van der Waals surface area contributed by atoms with Crippen LogP contribution in [0.1, 0.15) is 32.3 Å². The van der Waals surface area contributed by atoms with E-state index in [-0.39, 0.29) is 12.0 Å². The minimum atomic E-state index is 0.0190. The van der Waals surface area contributed by atoms with Crippen LogP contribution >= 0.6 is 0 Å². The van der Waals surface area contributed by atoms with Crippen LogP contribution in [0.3, 0.4) is 0 Å². The molecule has 0 spiro atoms. The third kappa shape index (κ3) is 4.68. The maximum Gasteiger partial charge on any atom is 0.0967 e. The minimum Gasteiger partial charge on any atom is -0.396 e. The van der Waals surface area contributed by atoms with Crippen molar-refractivity contribution >= 4 is 0 Å². The average molecular weight is 301 g/mol. The van der Waals surface area contributed by atoms with Crippen LogP contribution < -0.4 is 5.32 Å². The predicted molar refractivity (Wildman–Crippen MR) is 90.5 cm³/mol. The first-order chi connectivity index (χ1) is 10.5. The molecule has 0 aliphatic heterocycles. The number of hydrogen-bond acceptors (Lipinski definition) is 3. The molecule has 22 heavy (non-hydrogen) atoms. The van der Waals surface area contributed by atoms with Gasteiger partial charge in [0.1, 0.15) is 0 Å². The number of hydrogen-bond donors (Lipinski definition) is 2. The van der Waals surface area contributed by atoms with Gasteiger partial charge in [-0.25, -0.2) is 0 Å². The zero-order valence-electron chi connectivity index (χ0n) is 13.8. The normalized spacial score (nSPS) is 11.8. The second-order valence-electron chi connectivity index (χ2n) is 6.65. The first kappa shape index (κ1) is 16.7. The van der Waals surface area contributed by atoms with Gasteiger partial charge < -0.3 is 10.4 Å². The van der Waals surface area contributed by atoms with E-state index in [9.17, 15) is 5.11 Å². The van der Waals surface area contributed by atoms with Gasteiger partial charge in [0.25, 0.3) is 0 Å². The lowest BCUT2D eigenvalue weighted by molar-refractivity contribution is 0.148. The average Bonchev–Trinajstić information content (AvgIpc) is 2.89. The van der Waals surface area contributed by atoms with Crippen LogP contribution in [0.2, 0.25) is 0 Å².